The van der Waals surface area contributed by atoms with E-state index in [0.717, 1.165) is 25.7 Å². The van der Waals surface area contributed by atoms with E-state index in [1.54, 1.807) is 47.4 Å². The molecule has 0 bridgehead atoms. The number of halogens is 3. The van der Waals surface area contributed by atoms with Gasteiger partial charge < -0.3 is 5.32 Å². The Balaban J connectivity index is 1.76. The molecule has 0 saturated carbocycles. The number of carbonyl (C=O) groups excluding carboxylic acids is 2. The lowest BCUT2D eigenvalue weighted by atomic mass is 10.1. The van der Waals surface area contributed by atoms with Gasteiger partial charge in [0.05, 0.1) is 5.69 Å². The molecule has 176 valence electrons. The van der Waals surface area contributed by atoms with Crippen LogP contribution in [-0.4, -0.2) is 33.7 Å². The zero-order valence-electron chi connectivity index (χ0n) is 18.3. The van der Waals surface area contributed by atoms with Gasteiger partial charge in [-0.05, 0) is 48.9 Å². The van der Waals surface area contributed by atoms with E-state index in [-0.39, 0.29) is 18.2 Å². The Kier molecular flexibility index (Phi) is 9.93. The normalized spacial score (nSPS) is 17.5. The van der Waals surface area contributed by atoms with Gasteiger partial charge in [-0.3, -0.25) is 14.5 Å². The zero-order valence-corrected chi connectivity index (χ0v) is 21.4. The van der Waals surface area contributed by atoms with Crippen molar-refractivity contribution in [1.82, 2.24) is 4.90 Å². The number of benzene rings is 2. The van der Waals surface area contributed by atoms with Crippen LogP contribution in [0.2, 0.25) is 15.1 Å². The Morgan fingerprint density at radius 3 is 2.36 bits per heavy atom. The van der Waals surface area contributed by atoms with E-state index in [2.05, 4.69) is 17.2 Å². The summed E-state index contributed by atoms with van der Waals surface area (Å²) in [6.45, 7) is 2.75. The minimum absolute atomic E-state index is 0.0966. The molecule has 0 aliphatic carbocycles. The van der Waals surface area contributed by atoms with Gasteiger partial charge in [0, 0.05) is 33.7 Å². The number of unbranched alkanes of at least 4 members (excludes halogenated alkanes) is 4. The molecular formula is C24H26Cl3N3O2S. The van der Waals surface area contributed by atoms with Crippen LogP contribution in [0.15, 0.2) is 47.5 Å². The van der Waals surface area contributed by atoms with Crippen LogP contribution in [0.5, 0.6) is 0 Å². The molecule has 0 aromatic heterocycles. The van der Waals surface area contributed by atoms with Gasteiger partial charge >= 0.3 is 0 Å². The molecule has 2 aromatic carbocycles. The molecule has 9 heteroatoms. The first-order valence-corrected chi connectivity index (χ1v) is 13.0. The van der Waals surface area contributed by atoms with E-state index in [9.17, 15) is 9.59 Å². The molecule has 1 heterocycles. The first-order valence-electron chi connectivity index (χ1n) is 10.9. The number of aliphatic imine (C=N–C) groups is 1. The standard InChI is InChI=1S/C24H26Cl3N3O2S/c1-2-3-4-5-6-11-30-22(31)15-21(23(32)28-20-13-17(26)12-18(27)14-20)33-24(30)29-19-9-7-16(25)8-10-19/h7-10,12-14,21H,2-6,11,15H2,1H3,(H,28,32). The van der Waals surface area contributed by atoms with Crippen LogP contribution in [0, 0.1) is 0 Å². The molecule has 1 unspecified atom stereocenters. The van der Waals surface area contributed by atoms with Crippen LogP contribution in [-0.2, 0) is 9.59 Å². The number of anilines is 1. The fraction of sp³-hybridized carbons (Fsp3) is 0.375. The summed E-state index contributed by atoms with van der Waals surface area (Å²) < 4.78 is 0. The minimum atomic E-state index is -0.613. The van der Waals surface area contributed by atoms with Crippen LogP contribution in [0.4, 0.5) is 11.4 Å². The minimum Gasteiger partial charge on any atom is -0.325 e. The summed E-state index contributed by atoms with van der Waals surface area (Å²) in [4.78, 5) is 32.4. The van der Waals surface area contributed by atoms with Crippen molar-refractivity contribution in [2.75, 3.05) is 11.9 Å². The number of nitrogens with one attached hydrogen (secondary N) is 1. The van der Waals surface area contributed by atoms with Crippen molar-refractivity contribution in [3.05, 3.63) is 57.5 Å². The van der Waals surface area contributed by atoms with Gasteiger partial charge in [-0.2, -0.15) is 0 Å². The molecule has 1 saturated heterocycles. The monoisotopic (exact) mass is 525 g/mol. The molecule has 33 heavy (non-hydrogen) atoms. The highest BCUT2D eigenvalue weighted by atomic mass is 35.5. The Bertz CT molecular complexity index is 994. The fourth-order valence-corrected chi connectivity index (χ4v) is 5.19. The largest absolute Gasteiger partial charge is 0.325 e. The van der Waals surface area contributed by atoms with E-state index in [1.807, 2.05) is 0 Å². The third kappa shape index (κ3) is 7.92. The Labute approximate surface area is 213 Å². The number of carbonyl (C=O) groups is 2. The van der Waals surface area contributed by atoms with Gasteiger partial charge in [0.25, 0.3) is 0 Å². The lowest BCUT2D eigenvalue weighted by Crippen LogP contribution is -2.45. The van der Waals surface area contributed by atoms with E-state index >= 15 is 0 Å². The van der Waals surface area contributed by atoms with Gasteiger partial charge in [-0.25, -0.2) is 4.99 Å². The first-order chi connectivity index (χ1) is 15.9. The van der Waals surface area contributed by atoms with Crippen molar-refractivity contribution < 1.29 is 9.59 Å². The van der Waals surface area contributed by atoms with Crippen LogP contribution >= 0.6 is 46.6 Å². The second kappa shape index (κ2) is 12.7. The second-order valence-electron chi connectivity index (χ2n) is 7.79. The van der Waals surface area contributed by atoms with Gasteiger partial charge in [-0.1, -0.05) is 79.2 Å². The van der Waals surface area contributed by atoms with Gasteiger partial charge in [0.2, 0.25) is 11.8 Å². The summed E-state index contributed by atoms with van der Waals surface area (Å²) in [5.74, 6) is -0.403. The third-order valence-corrected chi connectivity index (χ3v) is 6.97. The number of nitrogens with zero attached hydrogens (tertiary/aromatic N) is 2. The molecule has 5 nitrogen and oxygen atoms in total. The molecule has 1 atom stereocenters. The molecule has 1 fully saturated rings. The topological polar surface area (TPSA) is 61.8 Å². The lowest BCUT2D eigenvalue weighted by Gasteiger charge is -2.32. The van der Waals surface area contributed by atoms with Crippen molar-refractivity contribution in [3.63, 3.8) is 0 Å². The first kappa shape index (κ1) is 25.9. The van der Waals surface area contributed by atoms with E-state index in [1.165, 1.54) is 18.2 Å². The summed E-state index contributed by atoms with van der Waals surface area (Å²) >= 11 is 19.4. The predicted molar refractivity (Wildman–Crippen MR) is 140 cm³/mol. The van der Waals surface area contributed by atoms with Crippen molar-refractivity contribution in [2.24, 2.45) is 4.99 Å². The highest BCUT2D eigenvalue weighted by Crippen LogP contribution is 2.31. The Morgan fingerprint density at radius 1 is 1.03 bits per heavy atom. The maximum Gasteiger partial charge on any atom is 0.238 e. The number of amidine groups is 1. The molecular weight excluding hydrogens is 501 g/mol. The molecule has 1 N–H and O–H groups in total. The highest BCUT2D eigenvalue weighted by Gasteiger charge is 2.35. The maximum absolute atomic E-state index is 13.0. The predicted octanol–water partition coefficient (Wildman–Crippen LogP) is 7.58. The summed E-state index contributed by atoms with van der Waals surface area (Å²) in [5.41, 5.74) is 1.16. The highest BCUT2D eigenvalue weighted by molar-refractivity contribution is 8.15. The summed E-state index contributed by atoms with van der Waals surface area (Å²) in [7, 11) is 0. The van der Waals surface area contributed by atoms with Crippen LogP contribution < -0.4 is 5.32 Å². The third-order valence-electron chi connectivity index (χ3n) is 5.10. The maximum atomic E-state index is 13.0. The number of hydrogen-bond donors (Lipinski definition) is 1. The number of rotatable bonds is 9. The smallest absolute Gasteiger partial charge is 0.238 e. The van der Waals surface area contributed by atoms with Crippen molar-refractivity contribution in [2.45, 2.75) is 50.7 Å². The zero-order chi connectivity index (χ0) is 23.8. The van der Waals surface area contributed by atoms with Crippen LogP contribution in [0.25, 0.3) is 0 Å². The molecule has 0 spiro atoms. The SMILES string of the molecule is CCCCCCCN1C(=O)CC(C(=O)Nc2cc(Cl)cc(Cl)c2)SC1=Nc1ccc(Cl)cc1. The van der Waals surface area contributed by atoms with Crippen molar-refractivity contribution in [3.8, 4) is 0 Å². The summed E-state index contributed by atoms with van der Waals surface area (Å²) in [5, 5.41) is 4.17. The molecule has 2 aromatic rings. The fourth-order valence-electron chi connectivity index (χ4n) is 3.41. The summed E-state index contributed by atoms with van der Waals surface area (Å²) in [6, 6.07) is 11.9. The lowest BCUT2D eigenvalue weighted by molar-refractivity contribution is -0.129. The van der Waals surface area contributed by atoms with E-state index in [4.69, 9.17) is 34.8 Å². The molecule has 1 aliphatic rings. The van der Waals surface area contributed by atoms with Crippen LogP contribution in [0.3, 0.4) is 0 Å². The quantitative estimate of drug-likeness (QED) is 0.343. The molecule has 3 rings (SSSR count). The average Bonchev–Trinajstić information content (AvgIpc) is 2.75. The van der Waals surface area contributed by atoms with Gasteiger partial charge in [0.1, 0.15) is 5.25 Å². The second-order valence-corrected chi connectivity index (χ2v) is 10.3. The van der Waals surface area contributed by atoms with Crippen molar-refractivity contribution in [1.29, 1.82) is 0 Å². The molecule has 1 aliphatic heterocycles. The molecule has 0 radical (unpaired) electrons. The Hall–Kier alpha value is -1.73. The van der Waals surface area contributed by atoms with Crippen molar-refractivity contribution >= 4 is 74.9 Å². The number of amides is 2. The molecule has 2 amide bonds. The number of thioether (sulfide) groups is 1. The van der Waals surface area contributed by atoms with Crippen LogP contribution in [0.1, 0.15) is 45.4 Å². The van der Waals surface area contributed by atoms with E-state index in [0.29, 0.717) is 38.2 Å². The average molecular weight is 527 g/mol. The van der Waals surface area contributed by atoms with Gasteiger partial charge in [0.15, 0.2) is 5.17 Å². The Morgan fingerprint density at radius 2 is 1.70 bits per heavy atom. The van der Waals surface area contributed by atoms with E-state index < -0.39 is 5.25 Å². The number of hydrogen-bond acceptors (Lipinski definition) is 4. The van der Waals surface area contributed by atoms with Gasteiger partial charge in [-0.15, -0.1) is 0 Å². The summed E-state index contributed by atoms with van der Waals surface area (Å²) in [6.07, 6.45) is 5.53.